The summed E-state index contributed by atoms with van der Waals surface area (Å²) in [5.74, 6) is -0.125. The molecule has 0 aromatic heterocycles. The molecule has 0 aliphatic carbocycles. The van der Waals surface area contributed by atoms with E-state index in [1.54, 1.807) is 0 Å². The third kappa shape index (κ3) is 2.68. The van der Waals surface area contributed by atoms with E-state index in [1.807, 2.05) is 18.2 Å². The number of hydrogen-bond donors (Lipinski definition) is 2. The van der Waals surface area contributed by atoms with Crippen molar-refractivity contribution in [3.05, 3.63) is 47.3 Å². The lowest BCUT2D eigenvalue weighted by Crippen LogP contribution is -3.11. The van der Waals surface area contributed by atoms with Gasteiger partial charge in [0.05, 0.1) is 13.2 Å². The molecule has 1 atom stereocenters. The van der Waals surface area contributed by atoms with Crippen molar-refractivity contribution in [3.63, 3.8) is 0 Å². The number of rotatable bonds is 3. The Morgan fingerprint density at radius 3 is 2.62 bits per heavy atom. The van der Waals surface area contributed by atoms with Crippen molar-refractivity contribution in [2.75, 3.05) is 19.7 Å². The molecule has 1 unspecified atom stereocenters. The van der Waals surface area contributed by atoms with Gasteiger partial charge in [-0.25, -0.2) is 4.39 Å². The third-order valence-corrected chi connectivity index (χ3v) is 3.06. The van der Waals surface area contributed by atoms with Gasteiger partial charge in [0.1, 0.15) is 13.1 Å². The van der Waals surface area contributed by atoms with Crippen molar-refractivity contribution < 1.29 is 14.4 Å². The van der Waals surface area contributed by atoms with Gasteiger partial charge in [0.15, 0.2) is 5.83 Å². The van der Waals surface area contributed by atoms with Crippen molar-refractivity contribution in [2.24, 2.45) is 0 Å². The maximum Gasteiger partial charge on any atom is 0.156 e. The molecule has 1 aromatic carbocycles. The van der Waals surface area contributed by atoms with E-state index in [2.05, 4.69) is 12.1 Å². The number of hydrogen-bond acceptors (Lipinski definition) is 1. The molecule has 3 heteroatoms. The van der Waals surface area contributed by atoms with E-state index >= 15 is 0 Å². The van der Waals surface area contributed by atoms with E-state index in [9.17, 15) is 4.39 Å². The maximum atomic E-state index is 13.5. The van der Waals surface area contributed by atoms with Crippen molar-refractivity contribution in [3.8, 4) is 0 Å². The molecule has 1 aromatic rings. The first-order valence-corrected chi connectivity index (χ1v) is 5.64. The fourth-order valence-electron chi connectivity index (χ4n) is 2.10. The van der Waals surface area contributed by atoms with Crippen molar-refractivity contribution in [2.45, 2.75) is 13.0 Å². The number of aliphatic hydroxyl groups is 1. The Balaban J connectivity index is 1.97. The molecule has 0 spiro atoms. The predicted molar refractivity (Wildman–Crippen MR) is 60.7 cm³/mol. The van der Waals surface area contributed by atoms with Crippen LogP contribution in [0.15, 0.2) is 41.7 Å². The largest absolute Gasteiger partial charge is 0.392 e. The lowest BCUT2D eigenvalue weighted by atomic mass is 10.1. The second kappa shape index (κ2) is 5.23. The summed E-state index contributed by atoms with van der Waals surface area (Å²) >= 11 is 0. The van der Waals surface area contributed by atoms with Crippen LogP contribution in [0.3, 0.4) is 0 Å². The summed E-state index contributed by atoms with van der Waals surface area (Å²) in [6.07, 6.45) is 0.671. The fourth-order valence-corrected chi connectivity index (χ4v) is 2.10. The summed E-state index contributed by atoms with van der Waals surface area (Å²) in [4.78, 5) is 1.22. The normalized spacial score (nSPS) is 21.2. The molecule has 1 aliphatic heterocycles. The molecule has 0 amide bonds. The smallest absolute Gasteiger partial charge is 0.156 e. The van der Waals surface area contributed by atoms with Crippen molar-refractivity contribution in [1.82, 2.24) is 0 Å². The summed E-state index contributed by atoms with van der Waals surface area (Å²) in [6, 6.07) is 10.1. The highest BCUT2D eigenvalue weighted by molar-refractivity contribution is 5.14. The molecule has 2 rings (SSSR count). The molecule has 0 fully saturated rings. The van der Waals surface area contributed by atoms with Crippen LogP contribution < -0.4 is 4.90 Å². The molecule has 2 N–H and O–H groups in total. The molecule has 16 heavy (non-hydrogen) atoms. The highest BCUT2D eigenvalue weighted by atomic mass is 19.1. The lowest BCUT2D eigenvalue weighted by molar-refractivity contribution is -0.911. The lowest BCUT2D eigenvalue weighted by Gasteiger charge is -2.24. The first-order valence-electron chi connectivity index (χ1n) is 5.64. The van der Waals surface area contributed by atoms with Crippen LogP contribution in [-0.2, 0) is 6.54 Å². The summed E-state index contributed by atoms with van der Waals surface area (Å²) in [6.45, 7) is 2.03. The number of quaternary nitrogens is 1. The van der Waals surface area contributed by atoms with Gasteiger partial charge in [-0.3, -0.25) is 0 Å². The number of benzene rings is 1. The van der Waals surface area contributed by atoms with Crippen LogP contribution >= 0.6 is 0 Å². The molecular weight excluding hydrogens is 205 g/mol. The molecule has 0 radical (unpaired) electrons. The molecule has 0 saturated carbocycles. The number of halogens is 1. The summed E-state index contributed by atoms with van der Waals surface area (Å²) in [5.41, 5.74) is 1.81. The van der Waals surface area contributed by atoms with E-state index in [-0.39, 0.29) is 12.4 Å². The topological polar surface area (TPSA) is 24.7 Å². The minimum atomic E-state index is -0.134. The monoisotopic (exact) mass is 222 g/mol. The van der Waals surface area contributed by atoms with Crippen LogP contribution in [0, 0.1) is 0 Å². The second-order valence-corrected chi connectivity index (χ2v) is 4.26. The molecule has 0 bridgehead atoms. The Labute approximate surface area is 95.0 Å². The molecular formula is C13H17FNO+. The number of nitrogens with one attached hydrogen (secondary N) is 1. The highest BCUT2D eigenvalue weighted by Gasteiger charge is 2.21. The molecule has 0 saturated heterocycles. The zero-order chi connectivity index (χ0) is 11.4. The molecule has 1 aliphatic rings. The van der Waals surface area contributed by atoms with E-state index in [0.29, 0.717) is 18.5 Å². The molecule has 2 nitrogen and oxygen atoms in total. The van der Waals surface area contributed by atoms with Gasteiger partial charge in [-0.05, 0) is 5.57 Å². The van der Waals surface area contributed by atoms with Gasteiger partial charge in [0, 0.05) is 12.0 Å². The van der Waals surface area contributed by atoms with Crippen LogP contribution in [0.5, 0.6) is 0 Å². The van der Waals surface area contributed by atoms with Crippen molar-refractivity contribution in [1.29, 1.82) is 0 Å². The van der Waals surface area contributed by atoms with Crippen LogP contribution in [0.1, 0.15) is 12.0 Å². The SMILES string of the molecule is OCC1=C(F)C[NH+](Cc2ccccc2)CC1. The quantitative estimate of drug-likeness (QED) is 0.773. The van der Waals surface area contributed by atoms with Crippen LogP contribution in [0.4, 0.5) is 4.39 Å². The van der Waals surface area contributed by atoms with Gasteiger partial charge in [0.25, 0.3) is 0 Å². The maximum absolute atomic E-state index is 13.5. The average Bonchev–Trinajstić information content (AvgIpc) is 2.31. The standard InChI is InChI=1S/C13H16FNO/c14-13-9-15(7-6-12(13)10-16)8-11-4-2-1-3-5-11/h1-5,16H,6-10H2/p+1. The van der Waals surface area contributed by atoms with Crippen LogP contribution in [-0.4, -0.2) is 24.8 Å². The number of aliphatic hydroxyl groups excluding tert-OH is 1. The van der Waals surface area contributed by atoms with Gasteiger partial charge in [-0.2, -0.15) is 0 Å². The van der Waals surface area contributed by atoms with Gasteiger partial charge in [-0.1, -0.05) is 30.3 Å². The van der Waals surface area contributed by atoms with E-state index in [1.165, 1.54) is 10.5 Å². The van der Waals surface area contributed by atoms with E-state index < -0.39 is 0 Å². The molecule has 1 heterocycles. The Morgan fingerprint density at radius 1 is 1.25 bits per heavy atom. The minimum Gasteiger partial charge on any atom is -0.392 e. The van der Waals surface area contributed by atoms with Gasteiger partial charge >= 0.3 is 0 Å². The highest BCUT2D eigenvalue weighted by Crippen LogP contribution is 2.10. The Kier molecular flexibility index (Phi) is 3.70. The third-order valence-electron chi connectivity index (χ3n) is 3.06. The second-order valence-electron chi connectivity index (χ2n) is 4.26. The zero-order valence-corrected chi connectivity index (χ0v) is 9.25. The Bertz CT molecular complexity index is 375. The van der Waals surface area contributed by atoms with Gasteiger partial charge in [-0.15, -0.1) is 0 Å². The minimum absolute atomic E-state index is 0.125. The Morgan fingerprint density at radius 2 is 2.00 bits per heavy atom. The van der Waals surface area contributed by atoms with Crippen LogP contribution in [0.25, 0.3) is 0 Å². The first-order chi connectivity index (χ1) is 7.79. The predicted octanol–water partition coefficient (Wildman–Crippen LogP) is 0.691. The summed E-state index contributed by atoms with van der Waals surface area (Å²) in [5, 5.41) is 8.93. The van der Waals surface area contributed by atoms with Gasteiger partial charge in [0.2, 0.25) is 0 Å². The van der Waals surface area contributed by atoms with Gasteiger partial charge < -0.3 is 10.0 Å². The summed E-state index contributed by atoms with van der Waals surface area (Å²) in [7, 11) is 0. The average molecular weight is 222 g/mol. The van der Waals surface area contributed by atoms with Crippen molar-refractivity contribution >= 4 is 0 Å². The zero-order valence-electron chi connectivity index (χ0n) is 9.25. The fraction of sp³-hybridized carbons (Fsp3) is 0.385. The molecule has 86 valence electrons. The summed E-state index contributed by atoms with van der Waals surface area (Å²) < 4.78 is 13.5. The van der Waals surface area contributed by atoms with Crippen LogP contribution in [0.2, 0.25) is 0 Å². The van der Waals surface area contributed by atoms with E-state index in [4.69, 9.17) is 5.11 Å². The Hall–Kier alpha value is -1.19. The van der Waals surface area contributed by atoms with E-state index in [0.717, 1.165) is 13.1 Å². The first kappa shape index (κ1) is 11.3.